The van der Waals surface area contributed by atoms with Gasteiger partial charge in [-0.3, -0.25) is 0 Å². The molecule has 0 atom stereocenters. The monoisotopic (exact) mass is 208 g/mol. The van der Waals surface area contributed by atoms with Gasteiger partial charge in [0.05, 0.1) is 5.56 Å². The number of benzene rings is 1. The van der Waals surface area contributed by atoms with Gasteiger partial charge in [0.25, 0.3) is 0 Å². The van der Waals surface area contributed by atoms with E-state index in [0.717, 1.165) is 6.08 Å². The zero-order valence-electron chi connectivity index (χ0n) is 6.83. The summed E-state index contributed by atoms with van der Waals surface area (Å²) in [6.07, 6.45) is -4.09. The van der Waals surface area contributed by atoms with Crippen LogP contribution in [0.25, 0.3) is 6.08 Å². The van der Waals surface area contributed by atoms with Gasteiger partial charge in [0.15, 0.2) is 0 Å². The van der Waals surface area contributed by atoms with E-state index in [9.17, 15) is 22.0 Å². The SMILES string of the molecule is C=Cc1cc(F)cc(F)c1C(F)(F)F. The standard InChI is InChI=1S/C9H5F5/c1-2-5-3-6(10)4-7(11)8(5)9(12,13)14/h2-4H,1H2. The zero-order valence-corrected chi connectivity index (χ0v) is 6.83. The fourth-order valence-electron chi connectivity index (χ4n) is 1.05. The molecule has 0 fully saturated rings. The molecule has 0 radical (unpaired) electrons. The van der Waals surface area contributed by atoms with Gasteiger partial charge in [-0.1, -0.05) is 12.7 Å². The Bertz CT molecular complexity index is 364. The molecule has 14 heavy (non-hydrogen) atoms. The number of alkyl halides is 3. The molecule has 0 unspecified atom stereocenters. The Morgan fingerprint density at radius 1 is 1.14 bits per heavy atom. The first-order valence-electron chi connectivity index (χ1n) is 3.55. The van der Waals surface area contributed by atoms with E-state index in [0.29, 0.717) is 6.07 Å². The highest BCUT2D eigenvalue weighted by Crippen LogP contribution is 2.34. The third-order valence-corrected chi connectivity index (χ3v) is 1.59. The van der Waals surface area contributed by atoms with Crippen molar-refractivity contribution in [2.24, 2.45) is 0 Å². The van der Waals surface area contributed by atoms with Crippen LogP contribution >= 0.6 is 0 Å². The minimum atomic E-state index is -4.85. The highest BCUT2D eigenvalue weighted by Gasteiger charge is 2.36. The van der Waals surface area contributed by atoms with E-state index in [1.54, 1.807) is 0 Å². The predicted octanol–water partition coefficient (Wildman–Crippen LogP) is 3.63. The summed E-state index contributed by atoms with van der Waals surface area (Å²) in [4.78, 5) is 0. The van der Waals surface area contributed by atoms with Gasteiger partial charge in [0, 0.05) is 6.07 Å². The summed E-state index contributed by atoms with van der Waals surface area (Å²) < 4.78 is 62.0. The van der Waals surface area contributed by atoms with Crippen LogP contribution in [-0.4, -0.2) is 0 Å². The fraction of sp³-hybridized carbons (Fsp3) is 0.111. The molecule has 0 heterocycles. The summed E-state index contributed by atoms with van der Waals surface area (Å²) in [5, 5.41) is 0. The number of rotatable bonds is 1. The second-order valence-electron chi connectivity index (χ2n) is 2.55. The van der Waals surface area contributed by atoms with E-state index in [4.69, 9.17) is 0 Å². The average molecular weight is 208 g/mol. The van der Waals surface area contributed by atoms with Crippen molar-refractivity contribution >= 4 is 6.08 Å². The predicted molar refractivity (Wildman–Crippen MR) is 41.5 cm³/mol. The molecule has 0 aromatic heterocycles. The lowest BCUT2D eigenvalue weighted by molar-refractivity contribution is -0.140. The van der Waals surface area contributed by atoms with E-state index in [1.807, 2.05) is 0 Å². The molecule has 0 amide bonds. The fourth-order valence-corrected chi connectivity index (χ4v) is 1.05. The second-order valence-corrected chi connectivity index (χ2v) is 2.55. The Kier molecular flexibility index (Phi) is 2.59. The summed E-state index contributed by atoms with van der Waals surface area (Å²) in [6, 6.07) is 0.773. The molecule has 0 bridgehead atoms. The lowest BCUT2D eigenvalue weighted by Gasteiger charge is -2.11. The largest absolute Gasteiger partial charge is 0.419 e. The lowest BCUT2D eigenvalue weighted by Crippen LogP contribution is -2.11. The summed E-state index contributed by atoms with van der Waals surface area (Å²) >= 11 is 0. The maximum Gasteiger partial charge on any atom is 0.419 e. The molecular formula is C9H5F5. The van der Waals surface area contributed by atoms with E-state index in [2.05, 4.69) is 6.58 Å². The van der Waals surface area contributed by atoms with Crippen LogP contribution in [0, 0.1) is 11.6 Å². The van der Waals surface area contributed by atoms with Crippen molar-refractivity contribution in [1.29, 1.82) is 0 Å². The van der Waals surface area contributed by atoms with E-state index in [1.165, 1.54) is 0 Å². The molecule has 0 aliphatic rings. The Morgan fingerprint density at radius 3 is 2.14 bits per heavy atom. The summed E-state index contributed by atoms with van der Waals surface area (Å²) in [5.41, 5.74) is -2.09. The Labute approximate surface area is 76.7 Å². The van der Waals surface area contributed by atoms with Crippen molar-refractivity contribution in [3.05, 3.63) is 41.5 Å². The molecule has 0 nitrogen and oxygen atoms in total. The van der Waals surface area contributed by atoms with Crippen molar-refractivity contribution < 1.29 is 22.0 Å². The Balaban J connectivity index is 3.48. The minimum Gasteiger partial charge on any atom is -0.207 e. The molecule has 0 saturated heterocycles. The highest BCUT2D eigenvalue weighted by atomic mass is 19.4. The summed E-state index contributed by atoms with van der Waals surface area (Å²) in [5.74, 6) is -2.70. The summed E-state index contributed by atoms with van der Waals surface area (Å²) in [6.45, 7) is 3.05. The number of hydrogen-bond acceptors (Lipinski definition) is 0. The Morgan fingerprint density at radius 2 is 1.71 bits per heavy atom. The first-order valence-corrected chi connectivity index (χ1v) is 3.55. The van der Waals surface area contributed by atoms with Crippen molar-refractivity contribution in [1.82, 2.24) is 0 Å². The van der Waals surface area contributed by atoms with Crippen LogP contribution in [-0.2, 0) is 6.18 Å². The van der Waals surface area contributed by atoms with Crippen LogP contribution in [0.4, 0.5) is 22.0 Å². The van der Waals surface area contributed by atoms with Crippen LogP contribution in [0.15, 0.2) is 18.7 Å². The molecule has 0 N–H and O–H groups in total. The van der Waals surface area contributed by atoms with Gasteiger partial charge in [0.1, 0.15) is 11.6 Å². The lowest BCUT2D eigenvalue weighted by atomic mass is 10.1. The van der Waals surface area contributed by atoms with Crippen molar-refractivity contribution in [2.45, 2.75) is 6.18 Å². The topological polar surface area (TPSA) is 0 Å². The van der Waals surface area contributed by atoms with Gasteiger partial charge in [-0.25, -0.2) is 8.78 Å². The second kappa shape index (κ2) is 3.40. The molecule has 0 spiro atoms. The Hall–Kier alpha value is -1.39. The highest BCUT2D eigenvalue weighted by molar-refractivity contribution is 5.53. The molecule has 76 valence electrons. The van der Waals surface area contributed by atoms with E-state index in [-0.39, 0.29) is 6.07 Å². The zero-order chi connectivity index (χ0) is 10.9. The summed E-state index contributed by atoms with van der Waals surface area (Å²) in [7, 11) is 0. The van der Waals surface area contributed by atoms with Crippen molar-refractivity contribution in [3.8, 4) is 0 Å². The van der Waals surface area contributed by atoms with Gasteiger partial charge in [-0.05, 0) is 11.6 Å². The molecular weight excluding hydrogens is 203 g/mol. The molecule has 0 saturated carbocycles. The maximum atomic E-state index is 12.8. The molecule has 0 aliphatic heterocycles. The third-order valence-electron chi connectivity index (χ3n) is 1.59. The molecule has 1 aromatic rings. The van der Waals surface area contributed by atoms with Crippen LogP contribution in [0.1, 0.15) is 11.1 Å². The molecule has 0 aliphatic carbocycles. The third kappa shape index (κ3) is 1.92. The number of halogens is 5. The van der Waals surface area contributed by atoms with Crippen LogP contribution in [0.2, 0.25) is 0 Å². The molecule has 1 rings (SSSR count). The molecule has 1 aromatic carbocycles. The normalized spacial score (nSPS) is 11.5. The minimum absolute atomic E-state index is 0.190. The first kappa shape index (κ1) is 10.7. The number of hydrogen-bond donors (Lipinski definition) is 0. The quantitative estimate of drug-likeness (QED) is 0.618. The van der Waals surface area contributed by atoms with Gasteiger partial charge in [-0.15, -0.1) is 0 Å². The van der Waals surface area contributed by atoms with Crippen LogP contribution < -0.4 is 0 Å². The first-order chi connectivity index (χ1) is 6.36. The maximum absolute atomic E-state index is 12.8. The van der Waals surface area contributed by atoms with Crippen molar-refractivity contribution in [3.63, 3.8) is 0 Å². The van der Waals surface area contributed by atoms with Gasteiger partial charge >= 0.3 is 6.18 Å². The average Bonchev–Trinajstić information content (AvgIpc) is 1.99. The smallest absolute Gasteiger partial charge is 0.207 e. The van der Waals surface area contributed by atoms with Crippen molar-refractivity contribution in [2.75, 3.05) is 0 Å². The van der Waals surface area contributed by atoms with E-state index >= 15 is 0 Å². The van der Waals surface area contributed by atoms with Crippen LogP contribution in [0.5, 0.6) is 0 Å². The van der Waals surface area contributed by atoms with Gasteiger partial charge in [0.2, 0.25) is 0 Å². The van der Waals surface area contributed by atoms with Crippen LogP contribution in [0.3, 0.4) is 0 Å². The van der Waals surface area contributed by atoms with E-state index < -0.39 is 28.9 Å². The van der Waals surface area contributed by atoms with Gasteiger partial charge in [-0.2, -0.15) is 13.2 Å². The van der Waals surface area contributed by atoms with Gasteiger partial charge < -0.3 is 0 Å². The molecule has 5 heteroatoms.